The molecule has 1 saturated heterocycles. The van der Waals surface area contributed by atoms with E-state index in [9.17, 15) is 13.2 Å². The van der Waals surface area contributed by atoms with Crippen molar-refractivity contribution in [1.82, 2.24) is 9.62 Å². The van der Waals surface area contributed by atoms with Gasteiger partial charge in [-0.15, -0.1) is 0 Å². The molecular formula is C22H28N2O4S. The zero-order chi connectivity index (χ0) is 21.0. The van der Waals surface area contributed by atoms with Gasteiger partial charge in [0.25, 0.3) is 5.91 Å². The Morgan fingerprint density at radius 3 is 2.38 bits per heavy atom. The van der Waals surface area contributed by atoms with Gasteiger partial charge in [-0.05, 0) is 75.6 Å². The molecule has 156 valence electrons. The van der Waals surface area contributed by atoms with E-state index in [4.69, 9.17) is 4.74 Å². The van der Waals surface area contributed by atoms with Gasteiger partial charge in [0.1, 0.15) is 5.75 Å². The summed E-state index contributed by atoms with van der Waals surface area (Å²) in [6.45, 7) is 6.78. The minimum atomic E-state index is -3.57. The molecular weight excluding hydrogens is 388 g/mol. The summed E-state index contributed by atoms with van der Waals surface area (Å²) in [5.74, 6) is 0.737. The Labute approximate surface area is 172 Å². The molecule has 0 bridgehead atoms. The Kier molecular flexibility index (Phi) is 6.59. The maximum atomic E-state index is 13.1. The molecule has 2 aromatic rings. The number of hydrogen-bond acceptors (Lipinski definition) is 4. The van der Waals surface area contributed by atoms with Gasteiger partial charge in [-0.1, -0.05) is 12.1 Å². The van der Waals surface area contributed by atoms with Crippen LogP contribution in [0.4, 0.5) is 0 Å². The lowest BCUT2D eigenvalue weighted by molar-refractivity contribution is 0.0735. The Balaban J connectivity index is 1.76. The summed E-state index contributed by atoms with van der Waals surface area (Å²) in [5, 5.41) is 0. The number of amides is 1. The van der Waals surface area contributed by atoms with Crippen molar-refractivity contribution in [2.45, 2.75) is 50.6 Å². The van der Waals surface area contributed by atoms with Crippen molar-refractivity contribution in [1.29, 1.82) is 0 Å². The van der Waals surface area contributed by atoms with Gasteiger partial charge in [-0.3, -0.25) is 4.79 Å². The zero-order valence-electron chi connectivity index (χ0n) is 17.1. The average Bonchev–Trinajstić information content (AvgIpc) is 3.17. The van der Waals surface area contributed by atoms with E-state index >= 15 is 0 Å². The molecule has 1 N–H and O–H groups in total. The highest BCUT2D eigenvalue weighted by Gasteiger charge is 2.30. The Morgan fingerprint density at radius 2 is 1.79 bits per heavy atom. The number of rotatable bonds is 7. The van der Waals surface area contributed by atoms with Gasteiger partial charge >= 0.3 is 0 Å². The van der Waals surface area contributed by atoms with Crippen molar-refractivity contribution in [2.75, 3.05) is 13.2 Å². The highest BCUT2D eigenvalue weighted by molar-refractivity contribution is 7.89. The van der Waals surface area contributed by atoms with Crippen molar-refractivity contribution in [3.8, 4) is 5.75 Å². The number of ether oxygens (including phenoxy) is 1. The second-order valence-corrected chi connectivity index (χ2v) is 9.17. The van der Waals surface area contributed by atoms with E-state index in [2.05, 4.69) is 4.72 Å². The van der Waals surface area contributed by atoms with Crippen LogP contribution in [0, 0.1) is 0 Å². The quantitative estimate of drug-likeness (QED) is 0.746. The summed E-state index contributed by atoms with van der Waals surface area (Å²) < 4.78 is 32.6. The van der Waals surface area contributed by atoms with Crippen LogP contribution >= 0.6 is 0 Å². The average molecular weight is 417 g/mol. The first-order chi connectivity index (χ1) is 13.8. The molecule has 1 heterocycles. The maximum Gasteiger partial charge on any atom is 0.254 e. The summed E-state index contributed by atoms with van der Waals surface area (Å²) in [6.07, 6.45) is 1.85. The molecule has 0 aromatic heterocycles. The lowest BCUT2D eigenvalue weighted by Crippen LogP contribution is -2.31. The number of sulfonamides is 1. The van der Waals surface area contributed by atoms with Crippen LogP contribution in [-0.2, 0) is 10.0 Å². The fourth-order valence-corrected chi connectivity index (χ4v) is 4.88. The van der Waals surface area contributed by atoms with Gasteiger partial charge in [-0.25, -0.2) is 13.1 Å². The fourth-order valence-electron chi connectivity index (χ4n) is 3.63. The Morgan fingerprint density at radius 1 is 1.14 bits per heavy atom. The van der Waals surface area contributed by atoms with Crippen LogP contribution < -0.4 is 9.46 Å². The lowest BCUT2D eigenvalue weighted by Gasteiger charge is -2.25. The van der Waals surface area contributed by atoms with Crippen LogP contribution in [0.1, 0.15) is 55.6 Å². The standard InChI is InChI=1S/C22H28N2O4S/c1-4-28-19-11-7-17(8-12-19)21-6-5-15-24(21)22(25)18-9-13-20(14-10-18)29(26,27)23-16(2)3/h7-14,16,21,23H,4-6,15H2,1-3H3. The van der Waals surface area contributed by atoms with Gasteiger partial charge in [0.2, 0.25) is 10.0 Å². The molecule has 1 aliphatic rings. The van der Waals surface area contributed by atoms with Crippen LogP contribution in [-0.4, -0.2) is 38.4 Å². The lowest BCUT2D eigenvalue weighted by atomic mass is 10.0. The van der Waals surface area contributed by atoms with E-state index in [0.717, 1.165) is 24.2 Å². The highest BCUT2D eigenvalue weighted by atomic mass is 32.2. The molecule has 7 heteroatoms. The van der Waals surface area contributed by atoms with Gasteiger partial charge in [0.15, 0.2) is 0 Å². The van der Waals surface area contributed by atoms with Crippen LogP contribution in [0.15, 0.2) is 53.4 Å². The summed E-state index contributed by atoms with van der Waals surface area (Å²) in [7, 11) is -3.57. The molecule has 6 nitrogen and oxygen atoms in total. The molecule has 0 spiro atoms. The van der Waals surface area contributed by atoms with Crippen LogP contribution in [0.25, 0.3) is 0 Å². The normalized spacial score (nSPS) is 17.0. The minimum Gasteiger partial charge on any atom is -0.494 e. The first-order valence-corrected chi connectivity index (χ1v) is 11.5. The molecule has 1 amide bonds. The zero-order valence-corrected chi connectivity index (χ0v) is 17.9. The number of benzene rings is 2. The predicted octanol–water partition coefficient (Wildman–Crippen LogP) is 3.75. The first kappa shape index (κ1) is 21.3. The fraction of sp³-hybridized carbons (Fsp3) is 0.409. The van der Waals surface area contributed by atoms with E-state index in [1.165, 1.54) is 12.1 Å². The highest BCUT2D eigenvalue weighted by Crippen LogP contribution is 2.34. The monoisotopic (exact) mass is 416 g/mol. The molecule has 1 unspecified atom stereocenters. The third-order valence-electron chi connectivity index (χ3n) is 4.89. The van der Waals surface area contributed by atoms with E-state index in [1.54, 1.807) is 26.0 Å². The van der Waals surface area contributed by atoms with Crippen molar-refractivity contribution in [2.24, 2.45) is 0 Å². The smallest absolute Gasteiger partial charge is 0.254 e. The van der Waals surface area contributed by atoms with Crippen molar-refractivity contribution in [3.63, 3.8) is 0 Å². The molecule has 1 atom stereocenters. The number of carbonyl (C=O) groups excluding carboxylic acids is 1. The first-order valence-electron chi connectivity index (χ1n) is 9.98. The molecule has 0 saturated carbocycles. The molecule has 29 heavy (non-hydrogen) atoms. The second kappa shape index (κ2) is 8.97. The molecule has 0 radical (unpaired) electrons. The van der Waals surface area contributed by atoms with E-state index in [0.29, 0.717) is 18.7 Å². The van der Waals surface area contributed by atoms with Crippen molar-refractivity contribution in [3.05, 3.63) is 59.7 Å². The SMILES string of the molecule is CCOc1ccc(C2CCCN2C(=O)c2ccc(S(=O)(=O)NC(C)C)cc2)cc1. The molecule has 0 aliphatic carbocycles. The summed E-state index contributed by atoms with van der Waals surface area (Å²) in [4.78, 5) is 15.1. The van der Waals surface area contributed by atoms with Gasteiger partial charge in [0.05, 0.1) is 17.5 Å². The summed E-state index contributed by atoms with van der Waals surface area (Å²) in [5.41, 5.74) is 1.57. The minimum absolute atomic E-state index is 0.0178. The Hall–Kier alpha value is -2.38. The topological polar surface area (TPSA) is 75.7 Å². The largest absolute Gasteiger partial charge is 0.494 e. The third kappa shape index (κ3) is 4.97. The number of hydrogen-bond donors (Lipinski definition) is 1. The maximum absolute atomic E-state index is 13.1. The van der Waals surface area contributed by atoms with Gasteiger partial charge in [-0.2, -0.15) is 0 Å². The van der Waals surface area contributed by atoms with Crippen molar-refractivity contribution >= 4 is 15.9 Å². The summed E-state index contributed by atoms with van der Waals surface area (Å²) in [6, 6.07) is 13.9. The van der Waals surface area contributed by atoms with Gasteiger partial charge in [0, 0.05) is 18.2 Å². The predicted molar refractivity (Wildman–Crippen MR) is 113 cm³/mol. The van der Waals surface area contributed by atoms with Crippen LogP contribution in [0.5, 0.6) is 5.75 Å². The number of nitrogens with zero attached hydrogens (tertiary/aromatic N) is 1. The van der Waals surface area contributed by atoms with E-state index in [-0.39, 0.29) is 22.9 Å². The number of carbonyl (C=O) groups is 1. The van der Waals surface area contributed by atoms with Crippen LogP contribution in [0.2, 0.25) is 0 Å². The summed E-state index contributed by atoms with van der Waals surface area (Å²) >= 11 is 0. The second-order valence-electron chi connectivity index (χ2n) is 7.46. The van der Waals surface area contributed by atoms with Gasteiger partial charge < -0.3 is 9.64 Å². The number of likely N-dealkylation sites (tertiary alicyclic amines) is 1. The van der Waals surface area contributed by atoms with E-state index < -0.39 is 10.0 Å². The molecule has 3 rings (SSSR count). The van der Waals surface area contributed by atoms with E-state index in [1.807, 2.05) is 36.1 Å². The molecule has 2 aromatic carbocycles. The van der Waals surface area contributed by atoms with Crippen molar-refractivity contribution < 1.29 is 17.9 Å². The molecule has 1 aliphatic heterocycles. The van der Waals surface area contributed by atoms with Crippen LogP contribution in [0.3, 0.4) is 0 Å². The molecule has 1 fully saturated rings. The Bertz CT molecular complexity index is 938. The number of nitrogens with one attached hydrogen (secondary N) is 1. The third-order valence-corrected chi connectivity index (χ3v) is 6.57.